The van der Waals surface area contributed by atoms with Crippen LogP contribution in [0.15, 0.2) is 39.5 Å². The lowest BCUT2D eigenvalue weighted by Gasteiger charge is -2.39. The molecule has 216 valence electrons. The van der Waals surface area contributed by atoms with Crippen LogP contribution in [0.1, 0.15) is 0 Å². The normalized spacial score (nSPS) is 30.5. The molecule has 2 aliphatic heterocycles. The standard InChI is InChI=1S/C25H26O15/c26-7-25(35)8-37-24(22(25)34)40-21-17(31)14(30)6-36-23(21)38-10-4-13(29)16-15(5-10)39-20(19(33)18(16)32)9-1-2-11(27)12(28)3-9/h1-5,14,17,21-24,26-31,33-35H,6-8H2. The summed E-state index contributed by atoms with van der Waals surface area (Å²) in [5.74, 6) is -3.10. The number of aromatic hydroxyl groups is 4. The van der Waals surface area contributed by atoms with E-state index in [1.165, 1.54) is 6.07 Å². The number of ether oxygens (including phenoxy) is 4. The number of hydrogen-bond donors (Lipinski definition) is 9. The Morgan fingerprint density at radius 2 is 1.70 bits per heavy atom. The first-order valence-electron chi connectivity index (χ1n) is 11.9. The van der Waals surface area contributed by atoms with Gasteiger partial charge in [0.1, 0.15) is 46.4 Å². The van der Waals surface area contributed by atoms with Gasteiger partial charge in [-0.3, -0.25) is 4.79 Å². The van der Waals surface area contributed by atoms with Crippen LogP contribution in [0.4, 0.5) is 0 Å². The lowest BCUT2D eigenvalue weighted by atomic mass is 10.0. The summed E-state index contributed by atoms with van der Waals surface area (Å²) in [6.45, 7) is -1.74. The van der Waals surface area contributed by atoms with Gasteiger partial charge in [0.2, 0.25) is 17.5 Å². The third-order valence-electron chi connectivity index (χ3n) is 6.72. The molecule has 15 nitrogen and oxygen atoms in total. The summed E-state index contributed by atoms with van der Waals surface area (Å²) in [7, 11) is 0. The molecule has 0 saturated carbocycles. The predicted octanol–water partition coefficient (Wildman–Crippen LogP) is -1.43. The van der Waals surface area contributed by atoms with Crippen LogP contribution in [0.2, 0.25) is 0 Å². The molecule has 5 rings (SSSR count). The molecule has 9 N–H and O–H groups in total. The minimum atomic E-state index is -2.03. The van der Waals surface area contributed by atoms with Gasteiger partial charge in [0, 0.05) is 17.7 Å². The SMILES string of the molecule is O=c1c(O)c(-c2ccc(O)c(O)c2)oc2cc(OC3OCC(O)C(O)C3OC3OCC(O)(CO)C3O)cc(O)c12. The fraction of sp³-hybridized carbons (Fsp3) is 0.400. The van der Waals surface area contributed by atoms with Gasteiger partial charge in [-0.1, -0.05) is 0 Å². The average Bonchev–Trinajstić information content (AvgIpc) is 3.20. The zero-order chi connectivity index (χ0) is 28.9. The molecular formula is C25H26O15. The Bertz CT molecular complexity index is 1470. The van der Waals surface area contributed by atoms with Crippen molar-refractivity contribution < 1.29 is 69.3 Å². The average molecular weight is 566 g/mol. The maximum absolute atomic E-state index is 12.8. The molecule has 3 heterocycles. The Kier molecular flexibility index (Phi) is 7.24. The quantitative estimate of drug-likeness (QED) is 0.155. The second-order valence-electron chi connectivity index (χ2n) is 9.49. The van der Waals surface area contributed by atoms with Crippen molar-refractivity contribution in [3.8, 4) is 40.1 Å². The minimum absolute atomic E-state index is 0.0248. The summed E-state index contributed by atoms with van der Waals surface area (Å²) in [5, 5.41) is 90.4. The van der Waals surface area contributed by atoms with Crippen LogP contribution in [0.5, 0.6) is 28.7 Å². The molecule has 0 amide bonds. The molecule has 15 heteroatoms. The van der Waals surface area contributed by atoms with Gasteiger partial charge in [0.15, 0.2) is 29.7 Å². The van der Waals surface area contributed by atoms with Gasteiger partial charge >= 0.3 is 0 Å². The summed E-state index contributed by atoms with van der Waals surface area (Å²) < 4.78 is 27.6. The van der Waals surface area contributed by atoms with Gasteiger partial charge in [-0.15, -0.1) is 0 Å². The third kappa shape index (κ3) is 4.78. The van der Waals surface area contributed by atoms with Crippen LogP contribution in [0, 0.1) is 0 Å². The molecule has 0 aliphatic carbocycles. The first-order valence-corrected chi connectivity index (χ1v) is 11.9. The maximum atomic E-state index is 12.8. The van der Waals surface area contributed by atoms with E-state index in [9.17, 15) is 50.8 Å². The summed E-state index contributed by atoms with van der Waals surface area (Å²) in [5.41, 5.74) is -3.28. The van der Waals surface area contributed by atoms with Crippen molar-refractivity contribution in [2.45, 2.75) is 42.6 Å². The smallest absolute Gasteiger partial charge is 0.238 e. The minimum Gasteiger partial charge on any atom is -0.507 e. The molecule has 7 atom stereocenters. The summed E-state index contributed by atoms with van der Waals surface area (Å²) >= 11 is 0. The van der Waals surface area contributed by atoms with E-state index in [2.05, 4.69) is 0 Å². The van der Waals surface area contributed by atoms with E-state index in [0.717, 1.165) is 24.3 Å². The Labute approximate surface area is 223 Å². The highest BCUT2D eigenvalue weighted by Crippen LogP contribution is 2.39. The maximum Gasteiger partial charge on any atom is 0.238 e. The lowest BCUT2D eigenvalue weighted by molar-refractivity contribution is -0.297. The number of aliphatic hydroxyl groups excluding tert-OH is 4. The third-order valence-corrected chi connectivity index (χ3v) is 6.72. The number of fused-ring (bicyclic) bond motifs is 1. The number of hydrogen-bond acceptors (Lipinski definition) is 15. The fourth-order valence-electron chi connectivity index (χ4n) is 4.40. The Balaban J connectivity index is 1.48. The zero-order valence-corrected chi connectivity index (χ0v) is 20.4. The van der Waals surface area contributed by atoms with E-state index in [4.69, 9.17) is 23.4 Å². The van der Waals surface area contributed by atoms with Crippen LogP contribution in [-0.2, 0) is 14.2 Å². The molecule has 2 aliphatic rings. The molecule has 2 aromatic carbocycles. The van der Waals surface area contributed by atoms with E-state index in [1.807, 2.05) is 0 Å². The highest BCUT2D eigenvalue weighted by atomic mass is 16.8. The van der Waals surface area contributed by atoms with Gasteiger partial charge in [0.05, 0.1) is 19.8 Å². The molecule has 0 bridgehead atoms. The Morgan fingerprint density at radius 1 is 0.950 bits per heavy atom. The molecule has 7 unspecified atom stereocenters. The van der Waals surface area contributed by atoms with Crippen LogP contribution < -0.4 is 10.2 Å². The second-order valence-corrected chi connectivity index (χ2v) is 9.49. The van der Waals surface area contributed by atoms with Crippen molar-refractivity contribution in [3.05, 3.63) is 40.6 Å². The molecule has 2 fully saturated rings. The van der Waals surface area contributed by atoms with Crippen molar-refractivity contribution in [1.29, 1.82) is 0 Å². The largest absolute Gasteiger partial charge is 0.507 e. The van der Waals surface area contributed by atoms with E-state index >= 15 is 0 Å². The number of phenolic OH excluding ortho intramolecular Hbond substituents is 3. The topological polar surface area (TPSA) is 249 Å². The Hall–Kier alpha value is -3.67. The zero-order valence-electron chi connectivity index (χ0n) is 20.4. The molecule has 0 spiro atoms. The number of phenols is 3. The van der Waals surface area contributed by atoms with Gasteiger partial charge in [-0.2, -0.15) is 0 Å². The van der Waals surface area contributed by atoms with Crippen molar-refractivity contribution in [2.75, 3.05) is 19.8 Å². The molecule has 1 aromatic heterocycles. The van der Waals surface area contributed by atoms with Gasteiger partial charge in [0.25, 0.3) is 0 Å². The van der Waals surface area contributed by atoms with Crippen LogP contribution >= 0.6 is 0 Å². The molecule has 2 saturated heterocycles. The van der Waals surface area contributed by atoms with E-state index in [0.29, 0.717) is 0 Å². The molecular weight excluding hydrogens is 540 g/mol. The highest BCUT2D eigenvalue weighted by Gasteiger charge is 2.52. The predicted molar refractivity (Wildman–Crippen MR) is 130 cm³/mol. The van der Waals surface area contributed by atoms with Crippen molar-refractivity contribution in [3.63, 3.8) is 0 Å². The van der Waals surface area contributed by atoms with Crippen molar-refractivity contribution in [1.82, 2.24) is 0 Å². The summed E-state index contributed by atoms with van der Waals surface area (Å²) in [4.78, 5) is 12.8. The first kappa shape index (κ1) is 27.9. The first-order chi connectivity index (χ1) is 18.9. The Morgan fingerprint density at radius 3 is 2.38 bits per heavy atom. The van der Waals surface area contributed by atoms with E-state index in [-0.39, 0.29) is 22.7 Å². The monoisotopic (exact) mass is 566 g/mol. The molecule has 40 heavy (non-hydrogen) atoms. The van der Waals surface area contributed by atoms with E-state index < -0.39 is 96.2 Å². The van der Waals surface area contributed by atoms with Crippen LogP contribution in [-0.4, -0.2) is 108 Å². The van der Waals surface area contributed by atoms with Crippen molar-refractivity contribution >= 4 is 11.0 Å². The molecule has 3 aromatic rings. The molecule has 0 radical (unpaired) electrons. The summed E-state index contributed by atoms with van der Waals surface area (Å²) in [6, 6.07) is 5.57. The van der Waals surface area contributed by atoms with Gasteiger partial charge in [-0.05, 0) is 18.2 Å². The van der Waals surface area contributed by atoms with Gasteiger partial charge < -0.3 is 69.3 Å². The van der Waals surface area contributed by atoms with Crippen LogP contribution in [0.3, 0.4) is 0 Å². The van der Waals surface area contributed by atoms with Crippen molar-refractivity contribution in [2.24, 2.45) is 0 Å². The fourth-order valence-corrected chi connectivity index (χ4v) is 4.40. The van der Waals surface area contributed by atoms with Crippen LogP contribution in [0.25, 0.3) is 22.3 Å². The number of rotatable bonds is 6. The van der Waals surface area contributed by atoms with Gasteiger partial charge in [-0.25, -0.2) is 0 Å². The summed E-state index contributed by atoms with van der Waals surface area (Å²) in [6.07, 6.45) is -9.36. The lowest BCUT2D eigenvalue weighted by Crippen LogP contribution is -2.58. The van der Waals surface area contributed by atoms with E-state index in [1.54, 1.807) is 0 Å². The highest BCUT2D eigenvalue weighted by molar-refractivity contribution is 5.88. The number of benzene rings is 2. The number of aliphatic hydroxyl groups is 5. The second kappa shape index (κ2) is 10.4.